The smallest absolute Gasteiger partial charge is 0.422 e. The first-order chi connectivity index (χ1) is 20.0. The summed E-state index contributed by atoms with van der Waals surface area (Å²) in [4.78, 5) is 55.5. The Bertz CT molecular complexity index is 1140. The van der Waals surface area contributed by atoms with Crippen LogP contribution in [0.1, 0.15) is 61.7 Å². The van der Waals surface area contributed by atoms with E-state index in [1.54, 1.807) is 4.90 Å². The Morgan fingerprint density at radius 1 is 0.881 bits per heavy atom. The van der Waals surface area contributed by atoms with Crippen molar-refractivity contribution in [2.24, 2.45) is 17.8 Å². The monoisotopic (exact) mass is 593 g/mol. The van der Waals surface area contributed by atoms with Crippen LogP contribution >= 0.6 is 0 Å². The fourth-order valence-corrected chi connectivity index (χ4v) is 6.79. The molecule has 4 aliphatic rings. The van der Waals surface area contributed by atoms with Gasteiger partial charge in [0.2, 0.25) is 5.91 Å². The zero-order valence-corrected chi connectivity index (χ0v) is 23.7. The van der Waals surface area contributed by atoms with Crippen LogP contribution in [0.5, 0.6) is 0 Å². The summed E-state index contributed by atoms with van der Waals surface area (Å²) in [5.74, 6) is 0.481. The van der Waals surface area contributed by atoms with Gasteiger partial charge in [-0.1, -0.05) is 30.3 Å². The summed E-state index contributed by atoms with van der Waals surface area (Å²) in [7, 11) is 0. The van der Waals surface area contributed by atoms with E-state index < -0.39 is 30.6 Å². The van der Waals surface area contributed by atoms with Crippen molar-refractivity contribution in [3.63, 3.8) is 0 Å². The minimum absolute atomic E-state index is 0.0408. The molecular formula is C30H38F3N3O6. The first-order valence-corrected chi connectivity index (χ1v) is 14.9. The summed E-state index contributed by atoms with van der Waals surface area (Å²) in [6.07, 6.45) is -0.790. The van der Waals surface area contributed by atoms with Crippen molar-refractivity contribution in [1.82, 2.24) is 14.7 Å². The molecule has 0 radical (unpaired) electrons. The summed E-state index contributed by atoms with van der Waals surface area (Å²) in [6.45, 7) is 0.796. The molecule has 3 aliphatic heterocycles. The number of ketones is 1. The highest BCUT2D eigenvalue weighted by Gasteiger charge is 2.48. The lowest BCUT2D eigenvalue weighted by Crippen LogP contribution is -2.49. The number of Topliss-reactive ketones (excluding diaryl/α,β-unsaturated/α-hetero) is 1. The number of amides is 3. The van der Waals surface area contributed by atoms with E-state index in [2.05, 4.69) is 4.74 Å². The maximum absolute atomic E-state index is 13.2. The van der Waals surface area contributed by atoms with Crippen LogP contribution in [0.4, 0.5) is 22.8 Å². The van der Waals surface area contributed by atoms with Crippen LogP contribution in [-0.2, 0) is 14.3 Å². The molecule has 0 aromatic heterocycles. The predicted molar refractivity (Wildman–Crippen MR) is 145 cm³/mol. The molecule has 5 rings (SSSR count). The zero-order valence-electron chi connectivity index (χ0n) is 23.7. The molecule has 0 unspecified atom stereocenters. The van der Waals surface area contributed by atoms with Crippen molar-refractivity contribution < 1.29 is 41.8 Å². The highest BCUT2D eigenvalue weighted by molar-refractivity contribution is 5.98. The fraction of sp³-hybridized carbons (Fsp3) is 0.667. The van der Waals surface area contributed by atoms with Crippen molar-refractivity contribution in [2.75, 3.05) is 45.9 Å². The van der Waals surface area contributed by atoms with Crippen LogP contribution in [-0.4, -0.2) is 96.2 Å². The van der Waals surface area contributed by atoms with E-state index in [1.807, 2.05) is 35.2 Å². The normalized spacial score (nSPS) is 24.9. The summed E-state index contributed by atoms with van der Waals surface area (Å²) in [5, 5.41) is 0. The van der Waals surface area contributed by atoms with E-state index in [9.17, 15) is 32.3 Å². The van der Waals surface area contributed by atoms with Gasteiger partial charge in [-0.2, -0.15) is 13.2 Å². The number of carbonyl (C=O) groups excluding carboxylic acids is 4. The highest BCUT2D eigenvalue weighted by atomic mass is 19.4. The number of ether oxygens (including phenoxy) is 2. The predicted octanol–water partition coefficient (Wildman–Crippen LogP) is 4.90. The molecule has 1 spiro atoms. The van der Waals surface area contributed by atoms with Crippen LogP contribution in [0.25, 0.3) is 0 Å². The van der Waals surface area contributed by atoms with Gasteiger partial charge in [0.15, 0.2) is 12.4 Å². The number of halogens is 3. The van der Waals surface area contributed by atoms with E-state index in [0.29, 0.717) is 51.9 Å². The van der Waals surface area contributed by atoms with E-state index in [0.717, 1.165) is 31.2 Å². The number of likely N-dealkylation sites (tertiary alicyclic amines) is 2. The number of benzene rings is 1. The summed E-state index contributed by atoms with van der Waals surface area (Å²) < 4.78 is 47.1. The van der Waals surface area contributed by atoms with Gasteiger partial charge < -0.3 is 24.2 Å². The average Bonchev–Trinajstić information content (AvgIpc) is 3.29. The Labute approximate surface area is 243 Å². The molecule has 1 aromatic rings. The molecule has 0 N–H and O–H groups in total. The van der Waals surface area contributed by atoms with Crippen LogP contribution in [0.2, 0.25) is 0 Å². The zero-order chi connectivity index (χ0) is 29.9. The number of hydrogen-bond acceptors (Lipinski definition) is 6. The Morgan fingerprint density at radius 3 is 2.14 bits per heavy atom. The van der Waals surface area contributed by atoms with Crippen molar-refractivity contribution in [1.29, 1.82) is 0 Å². The Balaban J connectivity index is 1.02. The Hall–Kier alpha value is -3.31. The average molecular weight is 594 g/mol. The van der Waals surface area contributed by atoms with Gasteiger partial charge in [-0.25, -0.2) is 9.59 Å². The summed E-state index contributed by atoms with van der Waals surface area (Å²) >= 11 is 0. The van der Waals surface area contributed by atoms with Crippen LogP contribution in [0, 0.1) is 17.8 Å². The van der Waals surface area contributed by atoms with E-state index in [1.165, 1.54) is 4.90 Å². The second-order valence-corrected chi connectivity index (χ2v) is 12.1. The molecule has 3 amide bonds. The van der Waals surface area contributed by atoms with Crippen LogP contribution in [0.15, 0.2) is 30.3 Å². The largest absolute Gasteiger partial charge is 0.441 e. The SMILES string of the molecule is O=C(c1ccccc1)C1CCN(C(=O)C2CCC(CN3CC4(CCN(C(=O)OCC(F)(F)F)CC4)OC3=O)CC2)CC1. The molecule has 42 heavy (non-hydrogen) atoms. The van der Waals surface area contributed by atoms with Crippen molar-refractivity contribution in [2.45, 2.75) is 63.1 Å². The lowest BCUT2D eigenvalue weighted by atomic mass is 9.80. The molecule has 4 fully saturated rings. The third kappa shape index (κ3) is 7.18. The standard InChI is InChI=1S/C30H38F3N3O6/c31-30(32,33)20-41-27(39)35-16-12-29(13-17-35)19-36(28(40)42-29)18-21-6-8-24(9-7-21)26(38)34-14-10-23(11-15-34)25(37)22-4-2-1-3-5-22/h1-5,21,23-24H,6-20H2. The molecule has 1 aromatic carbocycles. The Kier molecular flexibility index (Phi) is 8.98. The maximum Gasteiger partial charge on any atom is 0.422 e. The molecule has 0 bridgehead atoms. The van der Waals surface area contributed by atoms with Crippen molar-refractivity contribution >= 4 is 23.9 Å². The first-order valence-electron chi connectivity index (χ1n) is 14.9. The van der Waals surface area contributed by atoms with Gasteiger partial charge in [-0.3, -0.25) is 9.59 Å². The molecule has 230 valence electrons. The van der Waals surface area contributed by atoms with Crippen LogP contribution < -0.4 is 0 Å². The molecule has 9 nitrogen and oxygen atoms in total. The molecule has 3 saturated heterocycles. The van der Waals surface area contributed by atoms with Gasteiger partial charge in [0, 0.05) is 63.0 Å². The molecule has 1 saturated carbocycles. The van der Waals surface area contributed by atoms with Gasteiger partial charge >= 0.3 is 18.4 Å². The van der Waals surface area contributed by atoms with Gasteiger partial charge in [0.05, 0.1) is 6.54 Å². The highest BCUT2D eigenvalue weighted by Crippen LogP contribution is 2.37. The molecular weight excluding hydrogens is 555 g/mol. The lowest BCUT2D eigenvalue weighted by molar-refractivity contribution is -0.163. The number of alkyl halides is 3. The molecule has 3 heterocycles. The summed E-state index contributed by atoms with van der Waals surface area (Å²) in [5.41, 5.74) is -0.0255. The number of hydrogen-bond donors (Lipinski definition) is 0. The minimum atomic E-state index is -4.58. The second-order valence-electron chi connectivity index (χ2n) is 12.1. The van der Waals surface area contributed by atoms with Crippen molar-refractivity contribution in [3.8, 4) is 0 Å². The lowest BCUT2D eigenvalue weighted by Gasteiger charge is -2.37. The number of nitrogens with zero attached hydrogens (tertiary/aromatic N) is 3. The third-order valence-corrected chi connectivity index (χ3v) is 9.24. The Morgan fingerprint density at radius 2 is 1.52 bits per heavy atom. The molecule has 0 atom stereocenters. The van der Waals surface area contributed by atoms with E-state index >= 15 is 0 Å². The van der Waals surface area contributed by atoms with Crippen molar-refractivity contribution in [3.05, 3.63) is 35.9 Å². The number of piperidine rings is 2. The van der Waals surface area contributed by atoms with E-state index in [-0.39, 0.29) is 42.5 Å². The minimum Gasteiger partial charge on any atom is -0.441 e. The van der Waals surface area contributed by atoms with Gasteiger partial charge in [-0.15, -0.1) is 0 Å². The van der Waals surface area contributed by atoms with Gasteiger partial charge in [0.1, 0.15) is 5.60 Å². The fourth-order valence-electron chi connectivity index (χ4n) is 6.79. The maximum atomic E-state index is 13.2. The quantitative estimate of drug-likeness (QED) is 0.436. The van der Waals surface area contributed by atoms with Gasteiger partial charge in [-0.05, 0) is 44.4 Å². The molecule has 1 aliphatic carbocycles. The number of carbonyl (C=O) groups is 4. The van der Waals surface area contributed by atoms with E-state index in [4.69, 9.17) is 4.74 Å². The van der Waals surface area contributed by atoms with Crippen LogP contribution in [0.3, 0.4) is 0 Å². The number of rotatable bonds is 6. The topological polar surface area (TPSA) is 96.5 Å². The second kappa shape index (κ2) is 12.5. The third-order valence-electron chi connectivity index (χ3n) is 9.24. The molecule has 12 heteroatoms. The van der Waals surface area contributed by atoms with Gasteiger partial charge in [0.25, 0.3) is 0 Å². The first kappa shape index (κ1) is 30.2. The summed E-state index contributed by atoms with van der Waals surface area (Å²) in [6, 6.07) is 9.30.